The summed E-state index contributed by atoms with van der Waals surface area (Å²) in [5.41, 5.74) is 0.791. The van der Waals surface area contributed by atoms with Crippen LogP contribution in [0.25, 0.3) is 10.9 Å². The topological polar surface area (TPSA) is 44.2 Å². The summed E-state index contributed by atoms with van der Waals surface area (Å²) in [6.45, 7) is 0.400. The Kier molecular flexibility index (Phi) is 3.41. The van der Waals surface area contributed by atoms with Gasteiger partial charge in [0.2, 0.25) is 0 Å². The number of hydrogen-bond acceptors (Lipinski definition) is 4. The monoisotopic (exact) mass is 238 g/mol. The van der Waals surface area contributed by atoms with E-state index in [-0.39, 0.29) is 0 Å². The van der Waals surface area contributed by atoms with Gasteiger partial charge in [0, 0.05) is 17.6 Å². The van der Waals surface area contributed by atoms with E-state index in [0.717, 1.165) is 16.7 Å². The molecule has 0 bridgehead atoms. The van der Waals surface area contributed by atoms with E-state index in [1.807, 2.05) is 18.2 Å². The number of benzene rings is 1. The van der Waals surface area contributed by atoms with Crippen LogP contribution in [-0.2, 0) is 0 Å². The molecule has 0 aliphatic carbocycles. The Morgan fingerprint density at radius 3 is 3.00 bits per heavy atom. The lowest BCUT2D eigenvalue weighted by molar-refractivity contribution is 0.316. The fourth-order valence-electron chi connectivity index (χ4n) is 1.31. The van der Waals surface area contributed by atoms with E-state index in [1.165, 1.54) is 0 Å². The van der Waals surface area contributed by atoms with Crippen LogP contribution in [-0.4, -0.2) is 29.6 Å². The Morgan fingerprint density at radius 1 is 1.38 bits per heavy atom. The molecule has 1 heterocycles. The van der Waals surface area contributed by atoms with Gasteiger partial charge in [-0.3, -0.25) is 0 Å². The van der Waals surface area contributed by atoms with Gasteiger partial charge in [-0.1, -0.05) is 0 Å². The van der Waals surface area contributed by atoms with Crippen LogP contribution in [0.5, 0.6) is 11.8 Å². The molecule has 2 rings (SSSR count). The van der Waals surface area contributed by atoms with Crippen molar-refractivity contribution in [1.29, 1.82) is 0 Å². The number of aromatic nitrogens is 2. The van der Waals surface area contributed by atoms with Crippen molar-refractivity contribution in [2.24, 2.45) is 0 Å². The zero-order chi connectivity index (χ0) is 11.4. The molecular formula is C11H11ClN2O2. The minimum absolute atomic E-state index is 0.335. The summed E-state index contributed by atoms with van der Waals surface area (Å²) in [6, 6.07) is 5.94. The van der Waals surface area contributed by atoms with E-state index < -0.39 is 0 Å². The maximum absolute atomic E-state index is 5.52. The molecule has 0 spiro atoms. The van der Waals surface area contributed by atoms with Crippen molar-refractivity contribution in [3.8, 4) is 11.8 Å². The van der Waals surface area contributed by atoms with Gasteiger partial charge in [-0.05, 0) is 12.1 Å². The molecule has 16 heavy (non-hydrogen) atoms. The van der Waals surface area contributed by atoms with Gasteiger partial charge in [0.1, 0.15) is 12.4 Å². The highest BCUT2D eigenvalue weighted by Crippen LogP contribution is 2.19. The second-order valence-corrected chi connectivity index (χ2v) is 3.49. The number of methoxy groups -OCH3 is 1. The third-order valence-electron chi connectivity index (χ3n) is 2.08. The second kappa shape index (κ2) is 4.99. The number of nitrogens with zero attached hydrogens (tertiary/aromatic N) is 2. The molecule has 0 saturated heterocycles. The number of rotatable bonds is 4. The highest BCUT2D eigenvalue weighted by molar-refractivity contribution is 6.17. The number of alkyl halides is 1. The first-order chi connectivity index (χ1) is 7.83. The first-order valence-corrected chi connectivity index (χ1v) is 5.36. The van der Waals surface area contributed by atoms with Crippen molar-refractivity contribution in [3.63, 3.8) is 0 Å². The molecule has 0 unspecified atom stereocenters. The highest BCUT2D eigenvalue weighted by Gasteiger charge is 2.02. The van der Waals surface area contributed by atoms with Gasteiger partial charge in [-0.25, -0.2) is 4.98 Å². The normalized spacial score (nSPS) is 10.4. The molecule has 0 N–H and O–H groups in total. The number of ether oxygens (including phenoxy) is 2. The Morgan fingerprint density at radius 2 is 2.25 bits per heavy atom. The van der Waals surface area contributed by atoms with Crippen LogP contribution in [0.1, 0.15) is 0 Å². The molecule has 84 valence electrons. The lowest BCUT2D eigenvalue weighted by Crippen LogP contribution is -2.01. The zero-order valence-corrected chi connectivity index (χ0v) is 9.57. The van der Waals surface area contributed by atoms with Crippen molar-refractivity contribution in [3.05, 3.63) is 24.4 Å². The van der Waals surface area contributed by atoms with Crippen LogP contribution in [0.15, 0.2) is 24.4 Å². The van der Waals surface area contributed by atoms with Crippen molar-refractivity contribution in [2.75, 3.05) is 19.6 Å². The Balaban J connectivity index is 2.35. The van der Waals surface area contributed by atoms with E-state index in [2.05, 4.69) is 9.97 Å². The molecule has 0 aliphatic rings. The molecular weight excluding hydrogens is 228 g/mol. The fourth-order valence-corrected chi connectivity index (χ4v) is 1.39. The lowest BCUT2D eigenvalue weighted by atomic mass is 10.2. The predicted octanol–water partition coefficient (Wildman–Crippen LogP) is 2.26. The maximum atomic E-state index is 5.52. The zero-order valence-electron chi connectivity index (χ0n) is 8.81. The predicted molar refractivity (Wildman–Crippen MR) is 62.3 cm³/mol. The molecule has 1 aromatic heterocycles. The van der Waals surface area contributed by atoms with Crippen LogP contribution in [0.4, 0.5) is 0 Å². The summed E-state index contributed by atoms with van der Waals surface area (Å²) in [5.74, 6) is 1.17. The summed E-state index contributed by atoms with van der Waals surface area (Å²) in [5, 5.41) is 0.944. The van der Waals surface area contributed by atoms with E-state index in [1.54, 1.807) is 13.3 Å². The van der Waals surface area contributed by atoms with Gasteiger partial charge in [0.25, 0.3) is 0 Å². The molecule has 4 nitrogen and oxygen atoms in total. The van der Waals surface area contributed by atoms with E-state index in [4.69, 9.17) is 21.1 Å². The first-order valence-electron chi connectivity index (χ1n) is 4.83. The standard InChI is InChI=1S/C11H11ClN2O2/c1-15-9-3-2-8-7-13-11(16-5-4-12)14-10(8)6-9/h2-3,6-7H,4-5H2,1H3. The van der Waals surface area contributed by atoms with Gasteiger partial charge in [-0.2, -0.15) is 4.98 Å². The van der Waals surface area contributed by atoms with Gasteiger partial charge in [-0.15, -0.1) is 11.6 Å². The molecule has 2 aromatic rings. The first kappa shape index (κ1) is 11.0. The third-order valence-corrected chi connectivity index (χ3v) is 2.23. The van der Waals surface area contributed by atoms with E-state index in [9.17, 15) is 0 Å². The summed E-state index contributed by atoms with van der Waals surface area (Å²) in [7, 11) is 1.62. The highest BCUT2D eigenvalue weighted by atomic mass is 35.5. The number of halogens is 1. The quantitative estimate of drug-likeness (QED) is 0.767. The third kappa shape index (κ3) is 2.33. The van der Waals surface area contributed by atoms with Gasteiger partial charge >= 0.3 is 6.01 Å². The summed E-state index contributed by atoms with van der Waals surface area (Å²) in [4.78, 5) is 8.32. The van der Waals surface area contributed by atoms with Crippen LogP contribution in [0.3, 0.4) is 0 Å². The van der Waals surface area contributed by atoms with Crippen molar-refractivity contribution < 1.29 is 9.47 Å². The minimum Gasteiger partial charge on any atom is -0.497 e. The van der Waals surface area contributed by atoms with Crippen molar-refractivity contribution in [1.82, 2.24) is 9.97 Å². The lowest BCUT2D eigenvalue weighted by Gasteiger charge is -2.04. The SMILES string of the molecule is COc1ccc2cnc(OCCCl)nc2c1. The van der Waals surface area contributed by atoms with Crippen molar-refractivity contribution >= 4 is 22.5 Å². The number of fused-ring (bicyclic) bond motifs is 1. The summed E-state index contributed by atoms with van der Waals surface area (Å²) in [6.07, 6.45) is 1.71. The second-order valence-electron chi connectivity index (χ2n) is 3.11. The molecule has 0 aliphatic heterocycles. The largest absolute Gasteiger partial charge is 0.497 e. The van der Waals surface area contributed by atoms with Crippen LogP contribution in [0, 0.1) is 0 Å². The fraction of sp³-hybridized carbons (Fsp3) is 0.273. The maximum Gasteiger partial charge on any atom is 0.316 e. The molecule has 5 heteroatoms. The molecule has 0 radical (unpaired) electrons. The van der Waals surface area contributed by atoms with Crippen LogP contribution >= 0.6 is 11.6 Å². The van der Waals surface area contributed by atoms with Gasteiger partial charge in [0.15, 0.2) is 0 Å². The Labute approximate surface area is 98.2 Å². The Bertz CT molecular complexity index is 490. The molecule has 0 amide bonds. The smallest absolute Gasteiger partial charge is 0.316 e. The van der Waals surface area contributed by atoms with Crippen LogP contribution in [0.2, 0.25) is 0 Å². The number of hydrogen-bond donors (Lipinski definition) is 0. The van der Waals surface area contributed by atoms with Gasteiger partial charge in [0.05, 0.1) is 18.5 Å². The van der Waals surface area contributed by atoms with Gasteiger partial charge < -0.3 is 9.47 Å². The average Bonchev–Trinajstić information content (AvgIpc) is 2.35. The summed E-state index contributed by atoms with van der Waals surface area (Å²) >= 11 is 5.52. The minimum atomic E-state index is 0.335. The molecule has 0 saturated carbocycles. The summed E-state index contributed by atoms with van der Waals surface area (Å²) < 4.78 is 10.4. The molecule has 0 atom stereocenters. The van der Waals surface area contributed by atoms with E-state index >= 15 is 0 Å². The van der Waals surface area contributed by atoms with Crippen LogP contribution < -0.4 is 9.47 Å². The van der Waals surface area contributed by atoms with E-state index in [0.29, 0.717) is 18.5 Å². The van der Waals surface area contributed by atoms with Crippen molar-refractivity contribution in [2.45, 2.75) is 0 Å². The molecule has 1 aromatic carbocycles. The average molecular weight is 239 g/mol. The molecule has 0 fully saturated rings. The Hall–Kier alpha value is -1.55.